The molecular weight excluding hydrogens is 104 g/mol. The molecule has 0 saturated heterocycles. The van der Waals surface area contributed by atoms with E-state index in [2.05, 4.69) is 4.98 Å². The Labute approximate surface area is 47.5 Å². The predicted octanol–water partition coefficient (Wildman–Crippen LogP) is 0.694. The fourth-order valence-electron chi connectivity index (χ4n) is 0.451. The van der Waals surface area contributed by atoms with E-state index in [-0.39, 0.29) is 6.04 Å². The molecule has 0 radical (unpaired) electrons. The number of hydrogen-bond donors (Lipinski definition) is 1. The Balaban J connectivity index is 2.77. The normalized spacial score (nSPS) is 13.8. The summed E-state index contributed by atoms with van der Waals surface area (Å²) >= 11 is 0. The maximum absolute atomic E-state index is 5.42. The molecular formula is C5H8N2O. The van der Waals surface area contributed by atoms with Gasteiger partial charge in [0.15, 0.2) is 6.39 Å². The van der Waals surface area contributed by atoms with Gasteiger partial charge >= 0.3 is 0 Å². The Morgan fingerprint density at radius 1 is 1.88 bits per heavy atom. The highest BCUT2D eigenvalue weighted by atomic mass is 16.3. The van der Waals surface area contributed by atoms with Gasteiger partial charge in [-0.2, -0.15) is 0 Å². The van der Waals surface area contributed by atoms with Gasteiger partial charge in [-0.3, -0.25) is 0 Å². The van der Waals surface area contributed by atoms with Crippen LogP contribution in [0.4, 0.5) is 0 Å². The van der Waals surface area contributed by atoms with Crippen LogP contribution in [0.1, 0.15) is 18.7 Å². The van der Waals surface area contributed by atoms with Crippen LogP contribution in [0.25, 0.3) is 0 Å². The first-order valence-corrected chi connectivity index (χ1v) is 2.44. The largest absolute Gasteiger partial charge is 0.447 e. The van der Waals surface area contributed by atoms with Crippen molar-refractivity contribution in [1.82, 2.24) is 4.98 Å². The van der Waals surface area contributed by atoms with Crippen LogP contribution >= 0.6 is 0 Å². The molecule has 2 N–H and O–H groups in total. The van der Waals surface area contributed by atoms with Crippen LogP contribution in [0.5, 0.6) is 0 Å². The predicted molar refractivity (Wildman–Crippen MR) is 29.1 cm³/mol. The van der Waals surface area contributed by atoms with Gasteiger partial charge in [-0.15, -0.1) is 0 Å². The van der Waals surface area contributed by atoms with Gasteiger partial charge in [0.05, 0.1) is 12.2 Å². The molecule has 1 aromatic rings. The third kappa shape index (κ3) is 0.869. The molecule has 3 nitrogen and oxygen atoms in total. The highest BCUT2D eigenvalue weighted by Crippen LogP contribution is 2.05. The van der Waals surface area contributed by atoms with Gasteiger partial charge in [-0.25, -0.2) is 4.98 Å². The summed E-state index contributed by atoms with van der Waals surface area (Å²) in [5.41, 5.74) is 5.42. The van der Waals surface area contributed by atoms with Crippen molar-refractivity contribution in [3.8, 4) is 0 Å². The van der Waals surface area contributed by atoms with E-state index in [0.717, 1.165) is 5.76 Å². The van der Waals surface area contributed by atoms with E-state index in [0.29, 0.717) is 0 Å². The number of nitrogens with zero attached hydrogens (tertiary/aromatic N) is 1. The monoisotopic (exact) mass is 112 g/mol. The molecule has 1 atom stereocenters. The Morgan fingerprint density at radius 3 is 2.88 bits per heavy atom. The van der Waals surface area contributed by atoms with Gasteiger partial charge in [-0.05, 0) is 6.92 Å². The molecule has 0 aliphatic rings. The first-order valence-electron chi connectivity index (χ1n) is 2.44. The second kappa shape index (κ2) is 1.96. The fourth-order valence-corrected chi connectivity index (χ4v) is 0.451. The van der Waals surface area contributed by atoms with Crippen LogP contribution in [0.15, 0.2) is 17.0 Å². The SMILES string of the molecule is CC(N)c1cnco1. The van der Waals surface area contributed by atoms with Gasteiger partial charge in [-0.1, -0.05) is 0 Å². The summed E-state index contributed by atoms with van der Waals surface area (Å²) in [5.74, 6) is 0.727. The van der Waals surface area contributed by atoms with Crippen LogP contribution in [0.3, 0.4) is 0 Å². The number of aromatic nitrogens is 1. The average molecular weight is 112 g/mol. The van der Waals surface area contributed by atoms with E-state index in [1.54, 1.807) is 6.20 Å². The molecule has 0 saturated carbocycles. The van der Waals surface area contributed by atoms with Crippen LogP contribution in [0.2, 0.25) is 0 Å². The highest BCUT2D eigenvalue weighted by Gasteiger charge is 1.99. The highest BCUT2D eigenvalue weighted by molar-refractivity contribution is 4.93. The quantitative estimate of drug-likeness (QED) is 0.581. The summed E-state index contributed by atoms with van der Waals surface area (Å²) in [6.45, 7) is 1.85. The molecule has 0 fully saturated rings. The van der Waals surface area contributed by atoms with Crippen molar-refractivity contribution >= 4 is 0 Å². The smallest absolute Gasteiger partial charge is 0.180 e. The lowest BCUT2D eigenvalue weighted by molar-refractivity contribution is 0.475. The van der Waals surface area contributed by atoms with E-state index in [1.807, 2.05) is 6.92 Å². The maximum Gasteiger partial charge on any atom is 0.180 e. The summed E-state index contributed by atoms with van der Waals surface area (Å²) in [6.07, 6.45) is 2.99. The lowest BCUT2D eigenvalue weighted by atomic mass is 10.3. The minimum absolute atomic E-state index is 0.0440. The third-order valence-electron chi connectivity index (χ3n) is 0.900. The number of hydrogen-bond acceptors (Lipinski definition) is 3. The zero-order valence-electron chi connectivity index (χ0n) is 4.66. The number of oxazole rings is 1. The van der Waals surface area contributed by atoms with Crippen molar-refractivity contribution in [1.29, 1.82) is 0 Å². The number of nitrogens with two attached hydrogens (primary N) is 1. The van der Waals surface area contributed by atoms with Gasteiger partial charge in [0.2, 0.25) is 0 Å². The standard InChI is InChI=1S/C5H8N2O/c1-4(6)5-2-7-3-8-5/h2-4H,6H2,1H3. The molecule has 0 aromatic carbocycles. The summed E-state index contributed by atoms with van der Waals surface area (Å²) < 4.78 is 4.86. The molecule has 0 aliphatic carbocycles. The van der Waals surface area contributed by atoms with Crippen molar-refractivity contribution in [3.05, 3.63) is 18.4 Å². The van der Waals surface area contributed by atoms with E-state index >= 15 is 0 Å². The van der Waals surface area contributed by atoms with Crippen molar-refractivity contribution in [3.63, 3.8) is 0 Å². The van der Waals surface area contributed by atoms with Gasteiger partial charge < -0.3 is 10.2 Å². The lowest BCUT2D eigenvalue weighted by Gasteiger charge is -1.94. The van der Waals surface area contributed by atoms with E-state index in [4.69, 9.17) is 10.2 Å². The summed E-state index contributed by atoms with van der Waals surface area (Å²) in [5, 5.41) is 0. The van der Waals surface area contributed by atoms with Gasteiger partial charge in [0, 0.05) is 0 Å². The Bertz CT molecular complexity index is 145. The van der Waals surface area contributed by atoms with Crippen molar-refractivity contribution < 1.29 is 4.42 Å². The molecule has 3 heteroatoms. The zero-order chi connectivity index (χ0) is 5.98. The topological polar surface area (TPSA) is 52.0 Å². The molecule has 0 amide bonds. The van der Waals surface area contributed by atoms with E-state index in [1.165, 1.54) is 6.39 Å². The Hall–Kier alpha value is -0.830. The summed E-state index contributed by atoms with van der Waals surface area (Å²) in [7, 11) is 0. The molecule has 0 bridgehead atoms. The first-order chi connectivity index (χ1) is 3.80. The molecule has 0 spiro atoms. The van der Waals surface area contributed by atoms with Crippen LogP contribution in [-0.2, 0) is 0 Å². The molecule has 1 unspecified atom stereocenters. The second-order valence-corrected chi connectivity index (χ2v) is 1.69. The number of rotatable bonds is 1. The molecule has 0 aliphatic heterocycles. The molecule has 1 rings (SSSR count). The summed E-state index contributed by atoms with van der Waals surface area (Å²) in [6, 6.07) is -0.0440. The Morgan fingerprint density at radius 2 is 2.62 bits per heavy atom. The minimum atomic E-state index is -0.0440. The molecule has 44 valence electrons. The van der Waals surface area contributed by atoms with Crippen molar-refractivity contribution in [2.75, 3.05) is 0 Å². The van der Waals surface area contributed by atoms with Gasteiger partial charge in [0.25, 0.3) is 0 Å². The van der Waals surface area contributed by atoms with E-state index in [9.17, 15) is 0 Å². The zero-order valence-corrected chi connectivity index (χ0v) is 4.66. The van der Waals surface area contributed by atoms with Crippen molar-refractivity contribution in [2.24, 2.45) is 5.73 Å². The van der Waals surface area contributed by atoms with Crippen LogP contribution < -0.4 is 5.73 Å². The lowest BCUT2D eigenvalue weighted by Crippen LogP contribution is -2.02. The third-order valence-corrected chi connectivity index (χ3v) is 0.900. The molecule has 1 heterocycles. The van der Waals surface area contributed by atoms with Crippen LogP contribution in [0, 0.1) is 0 Å². The van der Waals surface area contributed by atoms with Gasteiger partial charge in [0.1, 0.15) is 5.76 Å². The fraction of sp³-hybridized carbons (Fsp3) is 0.400. The second-order valence-electron chi connectivity index (χ2n) is 1.69. The Kier molecular flexibility index (Phi) is 1.30. The molecule has 8 heavy (non-hydrogen) atoms. The van der Waals surface area contributed by atoms with Crippen molar-refractivity contribution in [2.45, 2.75) is 13.0 Å². The maximum atomic E-state index is 5.42. The molecule has 1 aromatic heterocycles. The first kappa shape index (κ1) is 5.31. The van der Waals surface area contributed by atoms with E-state index < -0.39 is 0 Å². The average Bonchev–Trinajstić information content (AvgIpc) is 2.12. The van der Waals surface area contributed by atoms with Crippen LogP contribution in [-0.4, -0.2) is 4.98 Å². The minimum Gasteiger partial charge on any atom is -0.447 e. The summed E-state index contributed by atoms with van der Waals surface area (Å²) in [4.78, 5) is 3.70.